The van der Waals surface area contributed by atoms with E-state index in [4.69, 9.17) is 9.47 Å². The van der Waals surface area contributed by atoms with E-state index >= 15 is 0 Å². The van der Waals surface area contributed by atoms with Gasteiger partial charge in [0, 0.05) is 24.2 Å². The molecule has 8 heteroatoms. The maximum Gasteiger partial charge on any atom is 0.251 e. The summed E-state index contributed by atoms with van der Waals surface area (Å²) in [6, 6.07) is 16.8. The smallest absolute Gasteiger partial charge is 0.251 e. The van der Waals surface area contributed by atoms with E-state index in [1.807, 2.05) is 32.0 Å². The Morgan fingerprint density at radius 3 is 2.50 bits per heavy atom. The summed E-state index contributed by atoms with van der Waals surface area (Å²) in [6.07, 6.45) is 4.72. The molecule has 0 spiro atoms. The van der Waals surface area contributed by atoms with Crippen molar-refractivity contribution in [3.8, 4) is 22.6 Å². The highest BCUT2D eigenvalue weighted by Crippen LogP contribution is 2.43. The lowest BCUT2D eigenvalue weighted by Gasteiger charge is -2.26. The molecule has 6 rings (SSSR count). The predicted octanol–water partition coefficient (Wildman–Crippen LogP) is 5.95. The van der Waals surface area contributed by atoms with Gasteiger partial charge < -0.3 is 19.8 Å². The first kappa shape index (κ1) is 26.3. The number of nitrogens with zero attached hydrogens (tertiary/aromatic N) is 2. The number of rotatable bonds is 9. The Hall–Kier alpha value is -3.91. The van der Waals surface area contributed by atoms with Crippen molar-refractivity contribution >= 4 is 16.9 Å². The van der Waals surface area contributed by atoms with Crippen LogP contribution in [0.25, 0.3) is 22.2 Å². The minimum absolute atomic E-state index is 0.0342. The van der Waals surface area contributed by atoms with Crippen LogP contribution in [0.1, 0.15) is 49.0 Å². The van der Waals surface area contributed by atoms with Crippen molar-refractivity contribution in [2.45, 2.75) is 51.7 Å². The number of aromatic nitrogens is 2. The topological polar surface area (TPSA) is 79.5 Å². The molecule has 3 aromatic carbocycles. The van der Waals surface area contributed by atoms with Gasteiger partial charge in [0.1, 0.15) is 17.3 Å². The molecule has 3 atom stereocenters. The molecule has 1 amide bonds. The summed E-state index contributed by atoms with van der Waals surface area (Å²) in [4.78, 5) is 23.0. The number of hydrogen-bond donors (Lipinski definition) is 2. The molecule has 40 heavy (non-hydrogen) atoms. The highest BCUT2D eigenvalue weighted by Gasteiger charge is 2.44. The van der Waals surface area contributed by atoms with Gasteiger partial charge in [0.2, 0.25) is 0 Å². The summed E-state index contributed by atoms with van der Waals surface area (Å²) >= 11 is 0. The fraction of sp³-hybridized carbons (Fsp3) is 0.375. The number of fused-ring (bicyclic) bond motifs is 2. The van der Waals surface area contributed by atoms with Crippen LogP contribution in [0, 0.1) is 11.7 Å². The lowest BCUT2D eigenvalue weighted by atomic mass is 9.99. The SMILES string of the molecule is CCOc1cc(CN2CC[C@H]3C(NC(=O)c4ccc5[nH]cnc5c4)CC[C@H]32)cc(OCC)c1-c1ccc(F)cc1. The number of carbonyl (C=O) groups excluding carboxylic acids is 1. The van der Waals surface area contributed by atoms with Gasteiger partial charge in [0.15, 0.2) is 0 Å². The van der Waals surface area contributed by atoms with Crippen molar-refractivity contribution in [3.05, 3.63) is 77.9 Å². The molecular weight excluding hydrogens is 507 g/mol. The Labute approximate surface area is 233 Å². The van der Waals surface area contributed by atoms with Crippen LogP contribution in [0.5, 0.6) is 11.5 Å². The van der Waals surface area contributed by atoms with Crippen LogP contribution < -0.4 is 14.8 Å². The molecule has 1 aliphatic carbocycles. The molecule has 1 aromatic heterocycles. The second-order valence-electron chi connectivity index (χ2n) is 10.6. The van der Waals surface area contributed by atoms with Crippen LogP contribution >= 0.6 is 0 Å². The van der Waals surface area contributed by atoms with Gasteiger partial charge in [-0.15, -0.1) is 0 Å². The zero-order valence-electron chi connectivity index (χ0n) is 23.0. The Morgan fingerprint density at radius 1 is 1.02 bits per heavy atom. The van der Waals surface area contributed by atoms with E-state index in [9.17, 15) is 9.18 Å². The minimum atomic E-state index is -0.273. The lowest BCUT2D eigenvalue weighted by molar-refractivity contribution is 0.0927. The maximum absolute atomic E-state index is 13.6. The van der Waals surface area contributed by atoms with E-state index in [1.54, 1.807) is 18.5 Å². The molecule has 0 radical (unpaired) electrons. The van der Waals surface area contributed by atoms with Crippen molar-refractivity contribution < 1.29 is 18.7 Å². The van der Waals surface area contributed by atoms with Gasteiger partial charge >= 0.3 is 0 Å². The summed E-state index contributed by atoms with van der Waals surface area (Å²) in [7, 11) is 0. The molecule has 1 saturated heterocycles. The largest absolute Gasteiger partial charge is 0.493 e. The first-order chi connectivity index (χ1) is 19.5. The third-order valence-electron chi connectivity index (χ3n) is 8.25. The van der Waals surface area contributed by atoms with Crippen molar-refractivity contribution in [2.75, 3.05) is 19.8 Å². The number of aromatic amines is 1. The Bertz CT molecular complexity index is 1470. The first-order valence-corrected chi connectivity index (χ1v) is 14.2. The van der Waals surface area contributed by atoms with Gasteiger partial charge in [-0.05, 0) is 99.2 Å². The highest BCUT2D eigenvalue weighted by molar-refractivity contribution is 5.97. The summed E-state index contributed by atoms with van der Waals surface area (Å²) in [5.74, 6) is 1.61. The van der Waals surface area contributed by atoms with E-state index in [0.717, 1.165) is 71.6 Å². The van der Waals surface area contributed by atoms with E-state index in [-0.39, 0.29) is 17.8 Å². The van der Waals surface area contributed by atoms with Crippen LogP contribution in [0.4, 0.5) is 4.39 Å². The third-order valence-corrected chi connectivity index (χ3v) is 8.25. The van der Waals surface area contributed by atoms with Crippen molar-refractivity contribution in [3.63, 3.8) is 0 Å². The molecule has 1 aliphatic heterocycles. The average molecular weight is 543 g/mol. The highest BCUT2D eigenvalue weighted by atomic mass is 19.1. The zero-order chi connectivity index (χ0) is 27.6. The normalized spacial score (nSPS) is 20.5. The van der Waals surface area contributed by atoms with Crippen LogP contribution in [0.3, 0.4) is 0 Å². The number of benzene rings is 3. The molecule has 4 aromatic rings. The first-order valence-electron chi connectivity index (χ1n) is 14.2. The predicted molar refractivity (Wildman–Crippen MR) is 153 cm³/mol. The number of carbonyl (C=O) groups is 1. The summed E-state index contributed by atoms with van der Waals surface area (Å²) in [5, 5.41) is 3.32. The average Bonchev–Trinajstić information content (AvgIpc) is 3.68. The van der Waals surface area contributed by atoms with Gasteiger partial charge in [0.25, 0.3) is 5.91 Å². The maximum atomic E-state index is 13.6. The molecular formula is C32H35FN4O3. The van der Waals surface area contributed by atoms with Crippen LogP contribution in [-0.2, 0) is 6.54 Å². The van der Waals surface area contributed by atoms with Gasteiger partial charge in [-0.1, -0.05) is 12.1 Å². The molecule has 2 heterocycles. The Balaban J connectivity index is 1.18. The number of hydrogen-bond acceptors (Lipinski definition) is 5. The molecule has 0 bridgehead atoms. The third kappa shape index (κ3) is 5.16. The van der Waals surface area contributed by atoms with Crippen LogP contribution in [0.2, 0.25) is 0 Å². The number of nitrogens with one attached hydrogen (secondary N) is 2. The number of amides is 1. The van der Waals surface area contributed by atoms with Crippen LogP contribution in [-0.4, -0.2) is 52.6 Å². The van der Waals surface area contributed by atoms with Gasteiger partial charge in [-0.3, -0.25) is 9.69 Å². The molecule has 2 N–H and O–H groups in total. The minimum Gasteiger partial charge on any atom is -0.493 e. The summed E-state index contributed by atoms with van der Waals surface area (Å²) < 4.78 is 25.8. The molecule has 7 nitrogen and oxygen atoms in total. The number of imidazole rings is 1. The zero-order valence-corrected chi connectivity index (χ0v) is 23.0. The van der Waals surface area contributed by atoms with E-state index in [0.29, 0.717) is 30.7 Å². The van der Waals surface area contributed by atoms with Crippen molar-refractivity contribution in [1.29, 1.82) is 0 Å². The Morgan fingerprint density at radius 2 is 1.77 bits per heavy atom. The molecule has 2 fully saturated rings. The quantitative estimate of drug-likeness (QED) is 0.273. The number of ether oxygens (including phenoxy) is 2. The van der Waals surface area contributed by atoms with E-state index in [2.05, 4.69) is 32.3 Å². The fourth-order valence-corrected chi connectivity index (χ4v) is 6.48. The molecule has 208 valence electrons. The van der Waals surface area contributed by atoms with Crippen molar-refractivity contribution in [2.24, 2.45) is 5.92 Å². The fourth-order valence-electron chi connectivity index (χ4n) is 6.48. The van der Waals surface area contributed by atoms with Crippen molar-refractivity contribution in [1.82, 2.24) is 20.2 Å². The Kier molecular flexibility index (Phi) is 7.43. The second-order valence-corrected chi connectivity index (χ2v) is 10.6. The number of likely N-dealkylation sites (tertiary alicyclic amines) is 1. The summed E-state index contributed by atoms with van der Waals surface area (Å²) in [5.41, 5.74) is 5.21. The molecule has 1 saturated carbocycles. The molecule has 1 unspecified atom stereocenters. The van der Waals surface area contributed by atoms with Gasteiger partial charge in [-0.2, -0.15) is 0 Å². The van der Waals surface area contributed by atoms with Gasteiger partial charge in [0.05, 0.1) is 36.1 Å². The molecule has 2 aliphatic rings. The second kappa shape index (κ2) is 11.3. The number of H-pyrrole nitrogens is 1. The van der Waals surface area contributed by atoms with Gasteiger partial charge in [-0.25, -0.2) is 9.37 Å². The lowest BCUT2D eigenvalue weighted by Crippen LogP contribution is -2.39. The van der Waals surface area contributed by atoms with E-state index in [1.165, 1.54) is 12.1 Å². The van der Waals surface area contributed by atoms with E-state index < -0.39 is 0 Å². The standard InChI is InChI=1S/C32H35FN4O3/c1-3-39-29-15-20(16-30(40-4-2)31(29)21-5-8-23(33)9-6-21)18-37-14-13-24-25(11-12-28(24)37)36-32(38)22-7-10-26-27(17-22)35-19-34-26/h5-10,15-17,19,24-25,28H,3-4,11-14,18H2,1-2H3,(H,34,35)(H,36,38)/t24-,25?,28+/m0/s1. The summed E-state index contributed by atoms with van der Waals surface area (Å²) in [6.45, 7) is 6.73. The van der Waals surface area contributed by atoms with Crippen LogP contribution in [0.15, 0.2) is 60.9 Å². The monoisotopic (exact) mass is 542 g/mol. The number of halogens is 1.